The summed E-state index contributed by atoms with van der Waals surface area (Å²) in [5, 5.41) is 2.95. The van der Waals surface area contributed by atoms with Crippen LogP contribution in [-0.2, 0) is 6.54 Å². The monoisotopic (exact) mass is 219 g/mol. The Hall–Kier alpha value is -1.39. The number of nitrogens with zero attached hydrogens (tertiary/aromatic N) is 2. The molecule has 0 spiro atoms. The zero-order chi connectivity index (χ0) is 10.7. The minimum atomic E-state index is 0.548. The van der Waals surface area contributed by atoms with Gasteiger partial charge in [0.1, 0.15) is 0 Å². The van der Waals surface area contributed by atoms with Crippen LogP contribution >= 0.6 is 11.3 Å². The molecule has 15 heavy (non-hydrogen) atoms. The van der Waals surface area contributed by atoms with Gasteiger partial charge in [0.15, 0.2) is 5.13 Å². The van der Waals surface area contributed by atoms with E-state index >= 15 is 0 Å². The van der Waals surface area contributed by atoms with E-state index < -0.39 is 0 Å². The lowest BCUT2D eigenvalue weighted by Gasteiger charge is -2.18. The average Bonchev–Trinajstić information content (AvgIpc) is 2.81. The number of thiazole rings is 1. The summed E-state index contributed by atoms with van der Waals surface area (Å²) >= 11 is 1.62. The predicted octanol–water partition coefficient (Wildman–Crippen LogP) is 2.37. The first-order valence-electron chi connectivity index (χ1n) is 4.74. The number of anilines is 2. The van der Waals surface area contributed by atoms with Crippen LogP contribution in [0.3, 0.4) is 0 Å². The van der Waals surface area contributed by atoms with Crippen molar-refractivity contribution < 1.29 is 0 Å². The Bertz CT molecular complexity index is 425. The molecule has 0 aliphatic rings. The molecule has 78 valence electrons. The lowest BCUT2D eigenvalue weighted by atomic mass is 10.1. The van der Waals surface area contributed by atoms with Gasteiger partial charge in [-0.15, -0.1) is 11.3 Å². The van der Waals surface area contributed by atoms with Crippen LogP contribution in [0.5, 0.6) is 0 Å². The zero-order valence-electron chi connectivity index (χ0n) is 8.55. The van der Waals surface area contributed by atoms with E-state index in [9.17, 15) is 0 Å². The van der Waals surface area contributed by atoms with Gasteiger partial charge in [0, 0.05) is 30.9 Å². The van der Waals surface area contributed by atoms with E-state index in [0.29, 0.717) is 6.54 Å². The Kier molecular flexibility index (Phi) is 2.99. The van der Waals surface area contributed by atoms with Gasteiger partial charge in [0.25, 0.3) is 0 Å². The van der Waals surface area contributed by atoms with E-state index in [0.717, 1.165) is 16.4 Å². The number of benzene rings is 1. The number of aromatic nitrogens is 1. The molecule has 0 bridgehead atoms. The first kappa shape index (κ1) is 10.1. The molecule has 2 rings (SSSR count). The summed E-state index contributed by atoms with van der Waals surface area (Å²) in [5.41, 5.74) is 7.95. The SMILES string of the molecule is CN(c1nccs1)c1ccccc1CN. The van der Waals surface area contributed by atoms with E-state index in [1.807, 2.05) is 36.8 Å². The molecule has 0 saturated carbocycles. The second-order valence-electron chi connectivity index (χ2n) is 3.21. The minimum absolute atomic E-state index is 0.548. The molecule has 1 aromatic heterocycles. The van der Waals surface area contributed by atoms with E-state index in [1.54, 1.807) is 11.3 Å². The number of hydrogen-bond donors (Lipinski definition) is 1. The number of hydrogen-bond acceptors (Lipinski definition) is 4. The fourth-order valence-corrected chi connectivity index (χ4v) is 2.12. The fourth-order valence-electron chi connectivity index (χ4n) is 1.50. The average molecular weight is 219 g/mol. The second-order valence-corrected chi connectivity index (χ2v) is 4.08. The van der Waals surface area contributed by atoms with Gasteiger partial charge in [-0.3, -0.25) is 0 Å². The maximum atomic E-state index is 5.70. The van der Waals surface area contributed by atoms with Gasteiger partial charge >= 0.3 is 0 Å². The van der Waals surface area contributed by atoms with E-state index in [4.69, 9.17) is 5.73 Å². The Balaban J connectivity index is 2.37. The fraction of sp³-hybridized carbons (Fsp3) is 0.182. The topological polar surface area (TPSA) is 42.2 Å². The van der Waals surface area contributed by atoms with E-state index in [2.05, 4.69) is 16.0 Å². The molecule has 2 aromatic rings. The highest BCUT2D eigenvalue weighted by Gasteiger charge is 2.09. The van der Waals surface area contributed by atoms with Gasteiger partial charge in [-0.1, -0.05) is 18.2 Å². The maximum Gasteiger partial charge on any atom is 0.189 e. The zero-order valence-corrected chi connectivity index (χ0v) is 9.37. The van der Waals surface area contributed by atoms with Crippen molar-refractivity contribution in [3.05, 3.63) is 41.4 Å². The van der Waals surface area contributed by atoms with Gasteiger partial charge < -0.3 is 10.6 Å². The summed E-state index contributed by atoms with van der Waals surface area (Å²) in [4.78, 5) is 6.33. The van der Waals surface area contributed by atoms with Crippen molar-refractivity contribution in [2.75, 3.05) is 11.9 Å². The summed E-state index contributed by atoms with van der Waals surface area (Å²) in [5.74, 6) is 0. The molecular formula is C11H13N3S. The molecular weight excluding hydrogens is 206 g/mol. The molecule has 0 saturated heterocycles. The molecule has 0 radical (unpaired) electrons. The first-order valence-corrected chi connectivity index (χ1v) is 5.62. The third-order valence-corrected chi connectivity index (χ3v) is 3.13. The number of rotatable bonds is 3. The maximum absolute atomic E-state index is 5.70. The summed E-state index contributed by atoms with van der Waals surface area (Å²) in [7, 11) is 2.01. The standard InChI is InChI=1S/C11H13N3S/c1-14(11-13-6-7-15-11)10-5-3-2-4-9(10)8-12/h2-7H,8,12H2,1H3. The predicted molar refractivity (Wildman–Crippen MR) is 64.5 cm³/mol. The van der Waals surface area contributed by atoms with Gasteiger partial charge in [-0.2, -0.15) is 0 Å². The van der Waals surface area contributed by atoms with E-state index in [-0.39, 0.29) is 0 Å². The molecule has 0 fully saturated rings. The van der Waals surface area contributed by atoms with Gasteiger partial charge in [-0.05, 0) is 11.6 Å². The van der Waals surface area contributed by atoms with Gasteiger partial charge in [0.05, 0.1) is 0 Å². The quantitative estimate of drug-likeness (QED) is 0.861. The van der Waals surface area contributed by atoms with Crippen LogP contribution in [-0.4, -0.2) is 12.0 Å². The van der Waals surface area contributed by atoms with E-state index in [1.165, 1.54) is 0 Å². The van der Waals surface area contributed by atoms with Crippen molar-refractivity contribution in [1.82, 2.24) is 4.98 Å². The van der Waals surface area contributed by atoms with Crippen molar-refractivity contribution >= 4 is 22.2 Å². The van der Waals surface area contributed by atoms with Gasteiger partial charge in [0.2, 0.25) is 0 Å². The van der Waals surface area contributed by atoms with Crippen molar-refractivity contribution in [2.45, 2.75) is 6.54 Å². The molecule has 0 unspecified atom stereocenters. The third-order valence-electron chi connectivity index (χ3n) is 2.28. The summed E-state index contributed by atoms with van der Waals surface area (Å²) in [6.45, 7) is 0.548. The number of para-hydroxylation sites is 1. The van der Waals surface area contributed by atoms with Crippen LogP contribution in [0.4, 0.5) is 10.8 Å². The lowest BCUT2D eigenvalue weighted by molar-refractivity contribution is 1.04. The molecule has 1 aromatic carbocycles. The molecule has 3 nitrogen and oxygen atoms in total. The largest absolute Gasteiger partial charge is 0.326 e. The summed E-state index contributed by atoms with van der Waals surface area (Å²) in [6.07, 6.45) is 1.81. The highest BCUT2D eigenvalue weighted by molar-refractivity contribution is 7.13. The van der Waals surface area contributed by atoms with Crippen molar-refractivity contribution in [3.8, 4) is 0 Å². The highest BCUT2D eigenvalue weighted by atomic mass is 32.1. The summed E-state index contributed by atoms with van der Waals surface area (Å²) < 4.78 is 0. The van der Waals surface area contributed by atoms with Crippen LogP contribution in [0, 0.1) is 0 Å². The van der Waals surface area contributed by atoms with Gasteiger partial charge in [-0.25, -0.2) is 4.98 Å². The molecule has 0 aliphatic carbocycles. The molecule has 0 amide bonds. The van der Waals surface area contributed by atoms with Crippen LogP contribution in [0.2, 0.25) is 0 Å². The lowest BCUT2D eigenvalue weighted by Crippen LogP contribution is -2.12. The third kappa shape index (κ3) is 2.00. The van der Waals surface area contributed by atoms with Crippen LogP contribution in [0.1, 0.15) is 5.56 Å². The van der Waals surface area contributed by atoms with Crippen LogP contribution < -0.4 is 10.6 Å². The van der Waals surface area contributed by atoms with Crippen molar-refractivity contribution in [3.63, 3.8) is 0 Å². The number of nitrogens with two attached hydrogens (primary N) is 1. The summed E-state index contributed by atoms with van der Waals surface area (Å²) in [6, 6.07) is 8.11. The van der Waals surface area contributed by atoms with Crippen LogP contribution in [0.15, 0.2) is 35.8 Å². The smallest absolute Gasteiger partial charge is 0.189 e. The normalized spacial score (nSPS) is 10.3. The Morgan fingerprint density at radius 2 is 2.20 bits per heavy atom. The van der Waals surface area contributed by atoms with Crippen LogP contribution in [0.25, 0.3) is 0 Å². The molecule has 2 N–H and O–H groups in total. The highest BCUT2D eigenvalue weighted by Crippen LogP contribution is 2.27. The first-order chi connectivity index (χ1) is 7.33. The molecule has 0 atom stereocenters. The Labute approximate surface area is 93.2 Å². The van der Waals surface area contributed by atoms with Crippen molar-refractivity contribution in [1.29, 1.82) is 0 Å². The Morgan fingerprint density at radius 1 is 1.40 bits per heavy atom. The minimum Gasteiger partial charge on any atom is -0.326 e. The molecule has 1 heterocycles. The molecule has 0 aliphatic heterocycles. The molecule has 4 heteroatoms. The van der Waals surface area contributed by atoms with Crippen molar-refractivity contribution in [2.24, 2.45) is 5.73 Å². The second kappa shape index (κ2) is 4.42. The Morgan fingerprint density at radius 3 is 2.87 bits per heavy atom.